The van der Waals surface area contributed by atoms with E-state index in [4.69, 9.17) is 17.3 Å². The van der Waals surface area contributed by atoms with E-state index in [0.29, 0.717) is 6.42 Å². The molecule has 0 radical (unpaired) electrons. The third-order valence-corrected chi connectivity index (χ3v) is 4.73. The van der Waals surface area contributed by atoms with Gasteiger partial charge < -0.3 is 5.73 Å². The zero-order chi connectivity index (χ0) is 15.3. The van der Waals surface area contributed by atoms with Crippen molar-refractivity contribution in [2.75, 3.05) is 13.1 Å². The maximum Gasteiger partial charge on any atom is 0.141 e. The highest BCUT2D eigenvalue weighted by molar-refractivity contribution is 6.30. The smallest absolute Gasteiger partial charge is 0.141 e. The van der Waals surface area contributed by atoms with Gasteiger partial charge in [-0.2, -0.15) is 0 Å². The number of halogens is 2. The van der Waals surface area contributed by atoms with Crippen molar-refractivity contribution >= 4 is 11.6 Å². The number of likely N-dealkylation sites (N-methyl/N-ethyl adjacent to an activating group) is 1. The van der Waals surface area contributed by atoms with Crippen LogP contribution in [-0.4, -0.2) is 29.6 Å². The van der Waals surface area contributed by atoms with Crippen molar-refractivity contribution < 1.29 is 4.39 Å². The van der Waals surface area contributed by atoms with Crippen LogP contribution in [0.3, 0.4) is 0 Å². The van der Waals surface area contributed by atoms with Gasteiger partial charge in [0.15, 0.2) is 0 Å². The van der Waals surface area contributed by atoms with E-state index in [1.54, 1.807) is 12.1 Å². The number of nitrogens with zero attached hydrogens (tertiary/aromatic N) is 1. The number of hydrogen-bond donors (Lipinski definition) is 1. The van der Waals surface area contributed by atoms with E-state index in [2.05, 4.69) is 32.6 Å². The second kappa shape index (κ2) is 7.39. The van der Waals surface area contributed by atoms with E-state index in [0.717, 1.165) is 25.1 Å². The lowest BCUT2D eigenvalue weighted by Gasteiger charge is -2.44. The minimum absolute atomic E-state index is 0.0195. The van der Waals surface area contributed by atoms with E-state index in [-0.39, 0.29) is 22.4 Å². The first-order valence-corrected chi connectivity index (χ1v) is 7.71. The predicted molar refractivity (Wildman–Crippen MR) is 84.7 cm³/mol. The molecule has 2 atom stereocenters. The van der Waals surface area contributed by atoms with Crippen molar-refractivity contribution in [3.8, 4) is 0 Å². The highest BCUT2D eigenvalue weighted by Crippen LogP contribution is 2.26. The van der Waals surface area contributed by atoms with Gasteiger partial charge in [-0.15, -0.1) is 0 Å². The van der Waals surface area contributed by atoms with E-state index >= 15 is 0 Å². The molecular formula is C16H26ClFN2. The average molecular weight is 301 g/mol. The fraction of sp³-hybridized carbons (Fsp3) is 0.625. The molecule has 0 fully saturated rings. The monoisotopic (exact) mass is 300 g/mol. The third-order valence-electron chi connectivity index (χ3n) is 4.44. The van der Waals surface area contributed by atoms with E-state index < -0.39 is 0 Å². The van der Waals surface area contributed by atoms with Gasteiger partial charge in [-0.25, -0.2) is 4.39 Å². The molecule has 1 rings (SSSR count). The van der Waals surface area contributed by atoms with E-state index in [1.807, 2.05) is 0 Å². The summed E-state index contributed by atoms with van der Waals surface area (Å²) in [7, 11) is 0. The molecule has 0 spiro atoms. The average Bonchev–Trinajstić information content (AvgIpc) is 2.43. The third kappa shape index (κ3) is 3.72. The molecule has 0 saturated carbocycles. The molecule has 2 N–H and O–H groups in total. The normalized spacial score (nSPS) is 16.2. The quantitative estimate of drug-likeness (QED) is 0.828. The lowest BCUT2D eigenvalue weighted by molar-refractivity contribution is 0.0845. The Labute approximate surface area is 127 Å². The summed E-state index contributed by atoms with van der Waals surface area (Å²) in [6.07, 6.45) is 1.67. The number of nitrogens with two attached hydrogens (primary N) is 1. The minimum Gasteiger partial charge on any atom is -0.326 e. The van der Waals surface area contributed by atoms with Crippen molar-refractivity contribution in [1.29, 1.82) is 0 Å². The topological polar surface area (TPSA) is 29.3 Å². The molecule has 0 bridgehead atoms. The van der Waals surface area contributed by atoms with Crippen LogP contribution in [0.25, 0.3) is 0 Å². The largest absolute Gasteiger partial charge is 0.326 e. The Bertz CT molecular complexity index is 434. The van der Waals surface area contributed by atoms with Crippen LogP contribution < -0.4 is 5.73 Å². The van der Waals surface area contributed by atoms with Gasteiger partial charge in [-0.05, 0) is 50.6 Å². The molecule has 0 aromatic heterocycles. The molecule has 2 nitrogen and oxygen atoms in total. The molecule has 1 aromatic rings. The summed E-state index contributed by atoms with van der Waals surface area (Å²) in [6.45, 7) is 10.6. The molecule has 0 saturated heterocycles. The van der Waals surface area contributed by atoms with Gasteiger partial charge in [0.2, 0.25) is 0 Å². The zero-order valence-electron chi connectivity index (χ0n) is 12.9. The Morgan fingerprint density at radius 1 is 1.30 bits per heavy atom. The van der Waals surface area contributed by atoms with Gasteiger partial charge in [-0.3, -0.25) is 4.90 Å². The van der Waals surface area contributed by atoms with Crippen molar-refractivity contribution in [1.82, 2.24) is 4.90 Å². The van der Waals surface area contributed by atoms with Gasteiger partial charge in [0, 0.05) is 11.6 Å². The molecule has 0 amide bonds. The first kappa shape index (κ1) is 17.4. The fourth-order valence-corrected chi connectivity index (χ4v) is 3.01. The summed E-state index contributed by atoms with van der Waals surface area (Å²) in [4.78, 5) is 2.39. The summed E-state index contributed by atoms with van der Waals surface area (Å²) in [6, 6.07) is 4.83. The van der Waals surface area contributed by atoms with Crippen molar-refractivity contribution in [3.05, 3.63) is 34.6 Å². The molecule has 114 valence electrons. The number of hydrogen-bond acceptors (Lipinski definition) is 2. The van der Waals surface area contributed by atoms with Gasteiger partial charge in [0.05, 0.1) is 5.02 Å². The summed E-state index contributed by atoms with van der Waals surface area (Å²) >= 11 is 5.84. The molecule has 1 aromatic carbocycles. The van der Waals surface area contributed by atoms with E-state index in [9.17, 15) is 4.39 Å². The van der Waals surface area contributed by atoms with Crippen LogP contribution in [0, 0.1) is 5.82 Å². The van der Waals surface area contributed by atoms with Gasteiger partial charge in [0.25, 0.3) is 0 Å². The SMILES string of the molecule is CCN(CC)C(C)(CC)C(N)Cc1ccc(F)c(Cl)c1. The second-order valence-electron chi connectivity index (χ2n) is 5.44. The van der Waals surface area contributed by atoms with Crippen LogP contribution in [0.4, 0.5) is 4.39 Å². The van der Waals surface area contributed by atoms with Crippen LogP contribution in [0.5, 0.6) is 0 Å². The Morgan fingerprint density at radius 3 is 2.35 bits per heavy atom. The fourth-order valence-electron chi connectivity index (χ4n) is 2.81. The lowest BCUT2D eigenvalue weighted by atomic mass is 9.84. The Morgan fingerprint density at radius 2 is 1.90 bits per heavy atom. The second-order valence-corrected chi connectivity index (χ2v) is 5.85. The molecule has 20 heavy (non-hydrogen) atoms. The van der Waals surface area contributed by atoms with Crippen LogP contribution in [0.15, 0.2) is 18.2 Å². The van der Waals surface area contributed by atoms with Crippen LogP contribution in [-0.2, 0) is 6.42 Å². The highest BCUT2D eigenvalue weighted by Gasteiger charge is 2.34. The molecule has 2 unspecified atom stereocenters. The number of benzene rings is 1. The lowest BCUT2D eigenvalue weighted by Crippen LogP contribution is -2.58. The van der Waals surface area contributed by atoms with Crippen molar-refractivity contribution in [3.63, 3.8) is 0 Å². The molecular weight excluding hydrogens is 275 g/mol. The summed E-state index contributed by atoms with van der Waals surface area (Å²) < 4.78 is 13.2. The molecule has 0 heterocycles. The van der Waals surface area contributed by atoms with Crippen molar-refractivity contribution in [2.45, 2.75) is 52.1 Å². The van der Waals surface area contributed by atoms with Crippen LogP contribution >= 0.6 is 11.6 Å². The molecule has 0 aliphatic heterocycles. The van der Waals surface area contributed by atoms with Gasteiger partial charge in [0.1, 0.15) is 5.82 Å². The first-order valence-electron chi connectivity index (χ1n) is 7.33. The maximum atomic E-state index is 13.2. The Hall–Kier alpha value is -0.640. The Kier molecular flexibility index (Phi) is 6.44. The molecule has 0 aliphatic carbocycles. The summed E-state index contributed by atoms with van der Waals surface area (Å²) in [5.41, 5.74) is 7.37. The van der Waals surface area contributed by atoms with Gasteiger partial charge >= 0.3 is 0 Å². The summed E-state index contributed by atoms with van der Waals surface area (Å²) in [5, 5.41) is 0.163. The Balaban J connectivity index is 2.91. The van der Waals surface area contributed by atoms with Crippen LogP contribution in [0.2, 0.25) is 5.02 Å². The molecule has 0 aliphatic rings. The number of rotatable bonds is 7. The predicted octanol–water partition coefficient (Wildman–Crippen LogP) is 3.86. The van der Waals surface area contributed by atoms with Crippen LogP contribution in [0.1, 0.15) is 39.7 Å². The maximum absolute atomic E-state index is 13.2. The first-order chi connectivity index (χ1) is 9.38. The highest BCUT2D eigenvalue weighted by atomic mass is 35.5. The standard InChI is InChI=1S/C16H26ClFN2/c1-5-16(4,20(6-2)7-3)15(19)11-12-8-9-14(18)13(17)10-12/h8-10,15H,5-7,11,19H2,1-4H3. The summed E-state index contributed by atoms with van der Waals surface area (Å²) in [5.74, 6) is -0.383. The van der Waals surface area contributed by atoms with Gasteiger partial charge in [-0.1, -0.05) is 38.4 Å². The molecule has 4 heteroatoms. The van der Waals surface area contributed by atoms with Crippen molar-refractivity contribution in [2.24, 2.45) is 5.73 Å². The van der Waals surface area contributed by atoms with E-state index in [1.165, 1.54) is 6.07 Å². The minimum atomic E-state index is -0.383. The zero-order valence-corrected chi connectivity index (χ0v) is 13.7.